The van der Waals surface area contributed by atoms with Crippen LogP contribution in [0.15, 0.2) is 24.3 Å². The van der Waals surface area contributed by atoms with Crippen molar-refractivity contribution in [3.8, 4) is 0 Å². The Hall–Kier alpha value is -1.57. The number of carboxylic acid groups (broad SMARTS) is 1. The highest BCUT2D eigenvalue weighted by Gasteiger charge is 2.23. The largest absolute Gasteiger partial charge is 0.478 e. The van der Waals surface area contributed by atoms with Gasteiger partial charge in [-0.15, -0.1) is 0 Å². The van der Waals surface area contributed by atoms with Gasteiger partial charge >= 0.3 is 5.97 Å². The smallest absolute Gasteiger partial charge is 0.328 e. The van der Waals surface area contributed by atoms with E-state index in [1.54, 1.807) is 0 Å². The van der Waals surface area contributed by atoms with Crippen molar-refractivity contribution in [1.29, 1.82) is 0 Å². The normalized spacial score (nSPS) is 21.3. The zero-order valence-electron chi connectivity index (χ0n) is 12.2. The number of allylic oxidation sites excluding steroid dienone is 1. The molecule has 0 saturated carbocycles. The summed E-state index contributed by atoms with van der Waals surface area (Å²) in [5, 5.41) is 9.03. The van der Waals surface area contributed by atoms with Gasteiger partial charge in [-0.25, -0.2) is 4.79 Å². The van der Waals surface area contributed by atoms with Crippen molar-refractivity contribution in [3.63, 3.8) is 0 Å². The molecule has 1 aliphatic carbocycles. The zero-order valence-corrected chi connectivity index (χ0v) is 12.2. The first-order valence-corrected chi connectivity index (χ1v) is 6.84. The molecule has 0 aromatic heterocycles. The second-order valence-corrected chi connectivity index (χ2v) is 6.64. The number of hydrogen-bond acceptors (Lipinski definition) is 1. The first-order valence-electron chi connectivity index (χ1n) is 6.84. The monoisotopic (exact) mass is 258 g/mol. The lowest BCUT2D eigenvalue weighted by molar-refractivity contribution is -0.131. The van der Waals surface area contributed by atoms with Crippen LogP contribution in [0.4, 0.5) is 0 Å². The molecular weight excluding hydrogens is 236 g/mol. The Bertz CT molecular complexity index is 533. The summed E-state index contributed by atoms with van der Waals surface area (Å²) in [5.74, 6) is -0.338. The van der Waals surface area contributed by atoms with Gasteiger partial charge in [-0.3, -0.25) is 0 Å². The van der Waals surface area contributed by atoms with E-state index >= 15 is 0 Å². The van der Waals surface area contributed by atoms with Crippen molar-refractivity contribution < 1.29 is 9.90 Å². The minimum Gasteiger partial charge on any atom is -0.478 e. The number of hydrogen-bond donors (Lipinski definition) is 1. The van der Waals surface area contributed by atoms with Crippen molar-refractivity contribution in [1.82, 2.24) is 0 Å². The van der Waals surface area contributed by atoms with Crippen LogP contribution in [0, 0.1) is 5.92 Å². The maximum Gasteiger partial charge on any atom is 0.328 e. The Morgan fingerprint density at radius 3 is 2.58 bits per heavy atom. The molecule has 1 atom stereocenters. The maximum atomic E-state index is 11.0. The SMILES string of the molecule is CC1C/C(=C\C(=O)O)c2cc(C(C)(C)C)ccc2C1. The molecule has 0 bridgehead atoms. The van der Waals surface area contributed by atoms with Crippen LogP contribution in [0.2, 0.25) is 0 Å². The van der Waals surface area contributed by atoms with Crippen LogP contribution in [-0.2, 0) is 16.6 Å². The predicted molar refractivity (Wildman–Crippen MR) is 78.2 cm³/mol. The molecule has 1 N–H and O–H groups in total. The summed E-state index contributed by atoms with van der Waals surface area (Å²) in [5.41, 5.74) is 4.73. The van der Waals surface area contributed by atoms with Crippen molar-refractivity contribution in [2.45, 2.75) is 46.0 Å². The van der Waals surface area contributed by atoms with Gasteiger partial charge in [0.2, 0.25) is 0 Å². The van der Waals surface area contributed by atoms with Gasteiger partial charge in [-0.05, 0) is 46.4 Å². The van der Waals surface area contributed by atoms with E-state index < -0.39 is 5.97 Å². The molecule has 0 amide bonds. The van der Waals surface area contributed by atoms with Crippen molar-refractivity contribution in [3.05, 3.63) is 41.0 Å². The Morgan fingerprint density at radius 1 is 1.32 bits per heavy atom. The fourth-order valence-electron chi connectivity index (χ4n) is 2.74. The summed E-state index contributed by atoms with van der Waals surface area (Å²) in [6.07, 6.45) is 3.27. The number of fused-ring (bicyclic) bond motifs is 1. The standard InChI is InChI=1S/C17H22O2/c1-11-7-12-5-6-14(17(2,3)4)10-15(12)13(8-11)9-16(18)19/h5-6,9-11H,7-8H2,1-4H3,(H,18,19)/b13-9+. The molecule has 1 aromatic rings. The second-order valence-electron chi connectivity index (χ2n) is 6.64. The van der Waals surface area contributed by atoms with E-state index in [2.05, 4.69) is 45.9 Å². The van der Waals surface area contributed by atoms with Gasteiger partial charge in [-0.2, -0.15) is 0 Å². The molecule has 0 aliphatic heterocycles. The molecule has 0 fully saturated rings. The highest BCUT2D eigenvalue weighted by molar-refractivity contribution is 5.91. The first kappa shape index (κ1) is 13.9. The first-order chi connectivity index (χ1) is 8.77. The van der Waals surface area contributed by atoms with Gasteiger partial charge < -0.3 is 5.11 Å². The third kappa shape index (κ3) is 3.06. The van der Waals surface area contributed by atoms with Gasteiger partial charge in [-0.1, -0.05) is 45.9 Å². The van der Waals surface area contributed by atoms with Gasteiger partial charge in [0, 0.05) is 6.08 Å². The van der Waals surface area contributed by atoms with Gasteiger partial charge in [0.05, 0.1) is 0 Å². The Kier molecular flexibility index (Phi) is 3.53. The lowest BCUT2D eigenvalue weighted by Gasteiger charge is -2.27. The third-order valence-electron chi connectivity index (χ3n) is 3.76. The third-order valence-corrected chi connectivity index (χ3v) is 3.76. The maximum absolute atomic E-state index is 11.0. The number of carbonyl (C=O) groups is 1. The molecular formula is C17H22O2. The Morgan fingerprint density at radius 2 is 2.00 bits per heavy atom. The molecule has 0 saturated heterocycles. The second kappa shape index (κ2) is 4.84. The highest BCUT2D eigenvalue weighted by atomic mass is 16.4. The van der Waals surface area contributed by atoms with Gasteiger partial charge in [0.15, 0.2) is 0 Å². The number of aliphatic carboxylic acids is 1. The van der Waals surface area contributed by atoms with Gasteiger partial charge in [0.25, 0.3) is 0 Å². The van der Waals surface area contributed by atoms with Crippen molar-refractivity contribution in [2.75, 3.05) is 0 Å². The fourth-order valence-corrected chi connectivity index (χ4v) is 2.74. The summed E-state index contributed by atoms with van der Waals surface area (Å²) in [4.78, 5) is 11.0. The van der Waals surface area contributed by atoms with E-state index in [4.69, 9.17) is 5.11 Å². The molecule has 102 valence electrons. The van der Waals surface area contributed by atoms with Crippen LogP contribution in [0.1, 0.15) is 50.8 Å². The van der Waals surface area contributed by atoms with Crippen LogP contribution in [0.5, 0.6) is 0 Å². The van der Waals surface area contributed by atoms with E-state index in [-0.39, 0.29) is 5.41 Å². The van der Waals surface area contributed by atoms with E-state index in [0.717, 1.165) is 24.0 Å². The topological polar surface area (TPSA) is 37.3 Å². The van der Waals surface area contributed by atoms with E-state index in [1.165, 1.54) is 17.2 Å². The molecule has 1 aromatic carbocycles. The Balaban J connectivity index is 2.54. The van der Waals surface area contributed by atoms with Crippen LogP contribution in [0.3, 0.4) is 0 Å². The molecule has 1 aliphatic rings. The number of benzene rings is 1. The van der Waals surface area contributed by atoms with E-state index in [0.29, 0.717) is 5.92 Å². The summed E-state index contributed by atoms with van der Waals surface area (Å²) >= 11 is 0. The summed E-state index contributed by atoms with van der Waals surface area (Å²) in [7, 11) is 0. The molecule has 0 radical (unpaired) electrons. The molecule has 2 heteroatoms. The highest BCUT2D eigenvalue weighted by Crippen LogP contribution is 2.36. The molecule has 2 nitrogen and oxygen atoms in total. The van der Waals surface area contributed by atoms with Crippen LogP contribution >= 0.6 is 0 Å². The average Bonchev–Trinajstić information content (AvgIpc) is 2.26. The summed E-state index contributed by atoms with van der Waals surface area (Å²) < 4.78 is 0. The quantitative estimate of drug-likeness (QED) is 0.772. The zero-order chi connectivity index (χ0) is 14.2. The lowest BCUT2D eigenvalue weighted by Crippen LogP contribution is -2.16. The molecule has 1 unspecified atom stereocenters. The lowest BCUT2D eigenvalue weighted by atomic mass is 9.77. The van der Waals surface area contributed by atoms with E-state index in [1.807, 2.05) is 0 Å². The van der Waals surface area contributed by atoms with Crippen LogP contribution in [-0.4, -0.2) is 11.1 Å². The van der Waals surface area contributed by atoms with Gasteiger partial charge in [0.1, 0.15) is 0 Å². The molecule has 0 heterocycles. The molecule has 0 spiro atoms. The van der Waals surface area contributed by atoms with E-state index in [9.17, 15) is 4.79 Å². The van der Waals surface area contributed by atoms with Crippen molar-refractivity contribution in [2.24, 2.45) is 5.92 Å². The fraction of sp³-hybridized carbons (Fsp3) is 0.471. The number of rotatable bonds is 1. The van der Waals surface area contributed by atoms with Crippen molar-refractivity contribution >= 4 is 11.5 Å². The summed E-state index contributed by atoms with van der Waals surface area (Å²) in [6.45, 7) is 8.72. The summed E-state index contributed by atoms with van der Waals surface area (Å²) in [6, 6.07) is 6.52. The Labute approximate surface area is 115 Å². The van der Waals surface area contributed by atoms with Crippen LogP contribution in [0.25, 0.3) is 5.57 Å². The molecule has 19 heavy (non-hydrogen) atoms. The predicted octanol–water partition coefficient (Wildman–Crippen LogP) is 4.03. The average molecular weight is 258 g/mol. The molecule has 2 rings (SSSR count). The van der Waals surface area contributed by atoms with Crippen LogP contribution < -0.4 is 0 Å². The minimum atomic E-state index is -0.851. The minimum absolute atomic E-state index is 0.0897. The number of carboxylic acids is 1.